The summed E-state index contributed by atoms with van der Waals surface area (Å²) in [6.45, 7) is 1.92. The fourth-order valence-electron chi connectivity index (χ4n) is 1.56. The number of hydrogen-bond donors (Lipinski definition) is 3. The Kier molecular flexibility index (Phi) is 8.91. The molecule has 0 aliphatic heterocycles. The van der Waals surface area contributed by atoms with E-state index in [0.29, 0.717) is 6.42 Å². The molecule has 116 valence electrons. The van der Waals surface area contributed by atoms with Gasteiger partial charge in [0.15, 0.2) is 5.03 Å². The normalized spacial score (nSPS) is 14.3. The Hall–Kier alpha value is -0.730. The zero-order chi connectivity index (χ0) is 14.3. The molecular weight excluding hydrogens is 302 g/mol. The lowest BCUT2D eigenvalue weighted by Crippen LogP contribution is -2.43. The first-order chi connectivity index (χ1) is 8.97. The van der Waals surface area contributed by atoms with Gasteiger partial charge in [0.1, 0.15) is 0 Å². The molecule has 0 aliphatic rings. The molecule has 1 heterocycles. The molecule has 1 aromatic heterocycles. The number of hydrogen-bond acceptors (Lipinski definition) is 5. The largest absolute Gasteiger partial charge is 0.390 e. The van der Waals surface area contributed by atoms with Crippen LogP contribution in [0.1, 0.15) is 26.2 Å². The van der Waals surface area contributed by atoms with Crippen LogP contribution in [0.5, 0.6) is 0 Å². The number of pyridine rings is 1. The number of aliphatic hydroxyl groups is 1. The Bertz CT molecular complexity index is 470. The highest BCUT2D eigenvalue weighted by Crippen LogP contribution is 2.05. The lowest BCUT2D eigenvalue weighted by atomic mass is 10.1. The van der Waals surface area contributed by atoms with E-state index in [4.69, 9.17) is 5.73 Å². The number of unbranched alkanes of at least 4 members (excludes halogenated alkanes) is 1. The first-order valence-corrected chi connectivity index (χ1v) is 7.80. The maximum absolute atomic E-state index is 11.8. The third-order valence-electron chi connectivity index (χ3n) is 2.78. The first-order valence-electron chi connectivity index (χ1n) is 6.31. The fraction of sp³-hybridized carbons (Fsp3) is 0.583. The molecule has 0 saturated heterocycles. The molecule has 6 nitrogen and oxygen atoms in total. The summed E-state index contributed by atoms with van der Waals surface area (Å²) < 4.78 is 26.0. The number of halogens is 1. The minimum absolute atomic E-state index is 0. The molecule has 0 unspecified atom stereocenters. The Morgan fingerprint density at radius 3 is 2.70 bits per heavy atom. The maximum atomic E-state index is 11.8. The predicted molar refractivity (Wildman–Crippen MR) is 80.2 cm³/mol. The number of nitrogens with one attached hydrogen (secondary N) is 1. The summed E-state index contributed by atoms with van der Waals surface area (Å²) in [5, 5.41) is 9.72. The number of aliphatic hydroxyl groups excluding tert-OH is 1. The molecule has 0 aromatic carbocycles. The summed E-state index contributed by atoms with van der Waals surface area (Å²) in [4.78, 5) is 3.76. The average molecular weight is 324 g/mol. The fourth-order valence-corrected chi connectivity index (χ4v) is 2.55. The van der Waals surface area contributed by atoms with E-state index in [1.54, 1.807) is 12.1 Å². The van der Waals surface area contributed by atoms with Gasteiger partial charge in [0.2, 0.25) is 0 Å². The van der Waals surface area contributed by atoms with Gasteiger partial charge >= 0.3 is 0 Å². The summed E-state index contributed by atoms with van der Waals surface area (Å²) in [5.41, 5.74) is 5.77. The predicted octanol–water partition coefficient (Wildman–Crippen LogP) is 0.660. The van der Waals surface area contributed by atoms with Crippen LogP contribution < -0.4 is 10.5 Å². The monoisotopic (exact) mass is 323 g/mol. The van der Waals surface area contributed by atoms with E-state index in [-0.39, 0.29) is 24.0 Å². The van der Waals surface area contributed by atoms with Crippen LogP contribution in [0.15, 0.2) is 29.4 Å². The zero-order valence-electron chi connectivity index (χ0n) is 11.4. The lowest BCUT2D eigenvalue weighted by molar-refractivity contribution is 0.143. The van der Waals surface area contributed by atoms with Crippen molar-refractivity contribution < 1.29 is 13.5 Å². The first kappa shape index (κ1) is 19.3. The molecule has 0 amide bonds. The molecule has 2 atom stereocenters. The summed E-state index contributed by atoms with van der Waals surface area (Å²) in [6.07, 6.45) is 3.07. The molecule has 0 fully saturated rings. The highest BCUT2D eigenvalue weighted by molar-refractivity contribution is 7.89. The van der Waals surface area contributed by atoms with Gasteiger partial charge in [0.05, 0.1) is 6.10 Å². The molecule has 0 radical (unpaired) electrons. The summed E-state index contributed by atoms with van der Waals surface area (Å²) in [5.74, 6) is 0. The van der Waals surface area contributed by atoms with Gasteiger partial charge in [0, 0.05) is 18.8 Å². The summed E-state index contributed by atoms with van der Waals surface area (Å²) >= 11 is 0. The highest BCUT2D eigenvalue weighted by atomic mass is 35.5. The van der Waals surface area contributed by atoms with Gasteiger partial charge < -0.3 is 10.8 Å². The van der Waals surface area contributed by atoms with Crippen LogP contribution in [0.2, 0.25) is 0 Å². The minimum Gasteiger partial charge on any atom is -0.390 e. The van der Waals surface area contributed by atoms with E-state index >= 15 is 0 Å². The van der Waals surface area contributed by atoms with Crippen molar-refractivity contribution in [3.63, 3.8) is 0 Å². The van der Waals surface area contributed by atoms with Crippen LogP contribution in [0.3, 0.4) is 0 Å². The van der Waals surface area contributed by atoms with Crippen molar-refractivity contribution in [3.05, 3.63) is 24.4 Å². The van der Waals surface area contributed by atoms with Crippen LogP contribution >= 0.6 is 12.4 Å². The smallest absolute Gasteiger partial charge is 0.258 e. The van der Waals surface area contributed by atoms with Crippen molar-refractivity contribution in [2.24, 2.45) is 5.73 Å². The van der Waals surface area contributed by atoms with Crippen LogP contribution in [-0.2, 0) is 10.0 Å². The van der Waals surface area contributed by atoms with Crippen molar-refractivity contribution >= 4 is 22.4 Å². The number of sulfonamides is 1. The second kappa shape index (κ2) is 9.25. The molecule has 20 heavy (non-hydrogen) atoms. The second-order valence-corrected chi connectivity index (χ2v) is 6.11. The lowest BCUT2D eigenvalue weighted by Gasteiger charge is -2.18. The van der Waals surface area contributed by atoms with E-state index in [2.05, 4.69) is 9.71 Å². The van der Waals surface area contributed by atoms with Crippen molar-refractivity contribution in [2.45, 2.75) is 43.4 Å². The van der Waals surface area contributed by atoms with E-state index in [9.17, 15) is 13.5 Å². The number of rotatable bonds is 8. The minimum atomic E-state index is -3.69. The van der Waals surface area contributed by atoms with E-state index < -0.39 is 22.2 Å². The van der Waals surface area contributed by atoms with Crippen LogP contribution in [0, 0.1) is 0 Å². The maximum Gasteiger partial charge on any atom is 0.258 e. The van der Waals surface area contributed by atoms with Crippen molar-refractivity contribution in [1.29, 1.82) is 0 Å². The quantitative estimate of drug-likeness (QED) is 0.651. The zero-order valence-corrected chi connectivity index (χ0v) is 13.0. The van der Waals surface area contributed by atoms with Crippen LogP contribution in [-0.4, -0.2) is 37.2 Å². The van der Waals surface area contributed by atoms with Crippen LogP contribution in [0.4, 0.5) is 0 Å². The Balaban J connectivity index is 0.00000361. The molecule has 0 spiro atoms. The van der Waals surface area contributed by atoms with Gasteiger partial charge in [0.25, 0.3) is 10.0 Å². The van der Waals surface area contributed by atoms with Crippen molar-refractivity contribution in [3.8, 4) is 0 Å². The Morgan fingerprint density at radius 1 is 1.45 bits per heavy atom. The average Bonchev–Trinajstić information content (AvgIpc) is 2.43. The van der Waals surface area contributed by atoms with Crippen molar-refractivity contribution in [1.82, 2.24) is 9.71 Å². The summed E-state index contributed by atoms with van der Waals surface area (Å²) in [7, 11) is -3.69. The molecule has 1 rings (SSSR count). The third-order valence-corrected chi connectivity index (χ3v) is 4.12. The van der Waals surface area contributed by atoms with Gasteiger partial charge in [-0.05, 0) is 18.6 Å². The summed E-state index contributed by atoms with van der Waals surface area (Å²) in [6, 6.07) is 4.19. The van der Waals surface area contributed by atoms with E-state index in [1.165, 1.54) is 12.3 Å². The van der Waals surface area contributed by atoms with E-state index in [1.807, 2.05) is 6.92 Å². The molecule has 1 aromatic rings. The van der Waals surface area contributed by atoms with Gasteiger partial charge in [-0.15, -0.1) is 12.4 Å². The van der Waals surface area contributed by atoms with Crippen LogP contribution in [0.25, 0.3) is 0 Å². The van der Waals surface area contributed by atoms with E-state index in [0.717, 1.165) is 12.8 Å². The second-order valence-electron chi connectivity index (χ2n) is 4.39. The van der Waals surface area contributed by atoms with Gasteiger partial charge in [-0.1, -0.05) is 25.8 Å². The number of nitrogens with two attached hydrogens (primary N) is 1. The molecule has 0 saturated carbocycles. The third kappa shape index (κ3) is 6.15. The Labute approximate surface area is 126 Å². The molecule has 0 aliphatic carbocycles. The van der Waals surface area contributed by atoms with Gasteiger partial charge in [-0.3, -0.25) is 0 Å². The molecule has 4 N–H and O–H groups in total. The Morgan fingerprint density at radius 2 is 2.15 bits per heavy atom. The van der Waals surface area contributed by atoms with Gasteiger partial charge in [-0.25, -0.2) is 18.1 Å². The molecular formula is C12H22ClN3O3S. The van der Waals surface area contributed by atoms with Crippen molar-refractivity contribution in [2.75, 3.05) is 6.54 Å². The standard InChI is InChI=1S/C12H21N3O3S.ClH/c1-2-3-6-10(13)11(16)9-15-19(17,18)12-7-4-5-8-14-12;/h4-5,7-8,10-11,15-16H,2-3,6,9,13H2,1H3;1H/t10-,11+;/m0./s1. The molecule has 0 bridgehead atoms. The van der Waals surface area contributed by atoms with Gasteiger partial charge in [-0.2, -0.15) is 0 Å². The molecule has 8 heteroatoms. The number of nitrogens with zero attached hydrogens (tertiary/aromatic N) is 1. The highest BCUT2D eigenvalue weighted by Gasteiger charge is 2.19. The SMILES string of the molecule is CCCC[C@H](N)[C@H](O)CNS(=O)(=O)c1ccccn1.Cl. The number of aromatic nitrogens is 1. The topological polar surface area (TPSA) is 105 Å².